The number of benzene rings is 1. The summed E-state index contributed by atoms with van der Waals surface area (Å²) in [5.74, 6) is 0.210. The zero-order chi connectivity index (χ0) is 14.9. The van der Waals surface area contributed by atoms with Gasteiger partial charge in [-0.3, -0.25) is 10.1 Å². The highest BCUT2D eigenvalue weighted by atomic mass is 16.6. The van der Waals surface area contributed by atoms with E-state index in [2.05, 4.69) is 6.07 Å². The average molecular weight is 271 g/mol. The van der Waals surface area contributed by atoms with Gasteiger partial charge in [0.05, 0.1) is 23.3 Å². The largest absolute Gasteiger partial charge is 0.490 e. The van der Waals surface area contributed by atoms with Crippen molar-refractivity contribution in [2.75, 3.05) is 7.11 Å². The maximum absolute atomic E-state index is 11.1. The minimum atomic E-state index is -0.484. The summed E-state index contributed by atoms with van der Waals surface area (Å²) in [4.78, 5) is 10.6. The minimum Gasteiger partial charge on any atom is -0.490 e. The molecule has 102 valence electrons. The van der Waals surface area contributed by atoms with Gasteiger partial charge >= 0.3 is 5.69 Å². The summed E-state index contributed by atoms with van der Waals surface area (Å²) < 4.78 is 6.79. The highest BCUT2D eigenvalue weighted by Gasteiger charge is 2.18. The molecule has 0 amide bonds. The fourth-order valence-electron chi connectivity index (χ4n) is 2.23. The quantitative estimate of drug-likeness (QED) is 0.635. The molecule has 6 heteroatoms. The Labute approximate surface area is 116 Å². The first-order chi connectivity index (χ1) is 9.49. The van der Waals surface area contributed by atoms with Crippen LogP contribution in [0.15, 0.2) is 24.3 Å². The molecule has 2 rings (SSSR count). The summed E-state index contributed by atoms with van der Waals surface area (Å²) in [6.45, 7) is 3.66. The first-order valence-electron chi connectivity index (χ1n) is 5.91. The summed E-state index contributed by atoms with van der Waals surface area (Å²) in [5.41, 5.74) is 2.69. The molecule has 1 aromatic carbocycles. The van der Waals surface area contributed by atoms with E-state index in [0.717, 1.165) is 11.4 Å². The molecular formula is C14H13N3O3. The lowest BCUT2D eigenvalue weighted by atomic mass is 10.2. The van der Waals surface area contributed by atoms with Gasteiger partial charge in [-0.2, -0.15) is 5.26 Å². The van der Waals surface area contributed by atoms with Gasteiger partial charge in [0.15, 0.2) is 5.75 Å². The highest BCUT2D eigenvalue weighted by molar-refractivity contribution is 5.56. The predicted octanol–water partition coefficient (Wildman–Crippen LogP) is 2.88. The van der Waals surface area contributed by atoms with E-state index in [-0.39, 0.29) is 11.4 Å². The van der Waals surface area contributed by atoms with Crippen LogP contribution in [0.2, 0.25) is 0 Å². The number of hydrogen-bond donors (Lipinski definition) is 0. The molecule has 1 heterocycles. The van der Waals surface area contributed by atoms with Crippen LogP contribution in [0.5, 0.6) is 5.75 Å². The fourth-order valence-corrected chi connectivity index (χ4v) is 2.23. The number of nitro benzene ring substituents is 1. The normalized spacial score (nSPS) is 10.1. The third kappa shape index (κ3) is 2.10. The van der Waals surface area contributed by atoms with Gasteiger partial charge in [-0.05, 0) is 32.0 Å². The van der Waals surface area contributed by atoms with Crippen LogP contribution in [0.25, 0.3) is 5.69 Å². The molecule has 0 N–H and O–H groups in total. The Morgan fingerprint density at radius 3 is 2.55 bits per heavy atom. The van der Waals surface area contributed by atoms with Crippen LogP contribution >= 0.6 is 0 Å². The lowest BCUT2D eigenvalue weighted by molar-refractivity contribution is -0.385. The molecule has 0 aliphatic rings. The van der Waals surface area contributed by atoms with Crippen molar-refractivity contribution in [2.24, 2.45) is 0 Å². The Kier molecular flexibility index (Phi) is 3.44. The van der Waals surface area contributed by atoms with Gasteiger partial charge in [-0.1, -0.05) is 0 Å². The van der Waals surface area contributed by atoms with Gasteiger partial charge in [-0.15, -0.1) is 0 Å². The first-order valence-corrected chi connectivity index (χ1v) is 5.91. The van der Waals surface area contributed by atoms with Crippen molar-refractivity contribution in [3.8, 4) is 17.5 Å². The second-order valence-electron chi connectivity index (χ2n) is 4.35. The van der Waals surface area contributed by atoms with Crippen molar-refractivity contribution in [1.29, 1.82) is 5.26 Å². The van der Waals surface area contributed by atoms with Crippen molar-refractivity contribution < 1.29 is 9.66 Å². The Bertz CT molecular complexity index is 726. The van der Waals surface area contributed by atoms with Gasteiger partial charge < -0.3 is 9.30 Å². The summed E-state index contributed by atoms with van der Waals surface area (Å²) in [6.07, 6.45) is 0. The summed E-state index contributed by atoms with van der Waals surface area (Å²) in [6, 6.07) is 8.59. The van der Waals surface area contributed by atoms with Crippen LogP contribution in [-0.4, -0.2) is 16.6 Å². The van der Waals surface area contributed by atoms with E-state index in [1.54, 1.807) is 18.2 Å². The van der Waals surface area contributed by atoms with Gasteiger partial charge in [0.25, 0.3) is 0 Å². The molecule has 6 nitrogen and oxygen atoms in total. The lowest BCUT2D eigenvalue weighted by Gasteiger charge is -2.10. The molecule has 0 fully saturated rings. The molecule has 0 radical (unpaired) electrons. The number of hydrogen-bond acceptors (Lipinski definition) is 4. The molecule has 0 saturated heterocycles. The molecule has 2 aromatic rings. The first kappa shape index (κ1) is 13.6. The molecule has 0 aliphatic heterocycles. The summed E-state index contributed by atoms with van der Waals surface area (Å²) in [5, 5.41) is 20.1. The lowest BCUT2D eigenvalue weighted by Crippen LogP contribution is -2.01. The Balaban J connectivity index is 2.66. The number of aryl methyl sites for hydroxylation is 1. The van der Waals surface area contributed by atoms with Crippen molar-refractivity contribution in [3.05, 3.63) is 51.3 Å². The van der Waals surface area contributed by atoms with Gasteiger partial charge in [0.1, 0.15) is 6.07 Å². The zero-order valence-electron chi connectivity index (χ0n) is 11.4. The maximum Gasteiger partial charge on any atom is 0.312 e. The Hall–Kier alpha value is -2.81. The van der Waals surface area contributed by atoms with E-state index in [4.69, 9.17) is 10.00 Å². The van der Waals surface area contributed by atoms with E-state index in [9.17, 15) is 10.1 Å². The second-order valence-corrected chi connectivity index (χ2v) is 4.35. The molecule has 0 unspecified atom stereocenters. The van der Waals surface area contributed by atoms with Crippen molar-refractivity contribution >= 4 is 5.69 Å². The van der Waals surface area contributed by atoms with E-state index in [1.165, 1.54) is 13.2 Å². The molecular weight excluding hydrogens is 258 g/mol. The minimum absolute atomic E-state index is 0.101. The maximum atomic E-state index is 11.1. The topological polar surface area (TPSA) is 81.1 Å². The van der Waals surface area contributed by atoms with Crippen molar-refractivity contribution in [3.63, 3.8) is 0 Å². The van der Waals surface area contributed by atoms with Crippen LogP contribution < -0.4 is 4.74 Å². The number of aromatic nitrogens is 1. The molecule has 20 heavy (non-hydrogen) atoms. The van der Waals surface area contributed by atoms with E-state index in [0.29, 0.717) is 11.3 Å². The standard InChI is InChI=1S/C14H13N3O3/c1-9-6-11(8-15)10(2)16(9)12-4-5-14(20-3)13(7-12)17(18)19/h4-7H,1-3H3. The van der Waals surface area contributed by atoms with Gasteiger partial charge in [0.2, 0.25) is 0 Å². The highest BCUT2D eigenvalue weighted by Crippen LogP contribution is 2.30. The predicted molar refractivity (Wildman–Crippen MR) is 73.2 cm³/mol. The van der Waals surface area contributed by atoms with Crippen LogP contribution in [0.4, 0.5) is 5.69 Å². The SMILES string of the molecule is COc1ccc(-n2c(C)cc(C#N)c2C)cc1[N+](=O)[O-]. The van der Waals surface area contributed by atoms with Crippen LogP contribution in [0, 0.1) is 35.3 Å². The monoisotopic (exact) mass is 271 g/mol. The van der Waals surface area contributed by atoms with Crippen LogP contribution in [0.1, 0.15) is 17.0 Å². The Morgan fingerprint density at radius 1 is 1.35 bits per heavy atom. The molecule has 0 spiro atoms. The van der Waals surface area contributed by atoms with Crippen molar-refractivity contribution in [2.45, 2.75) is 13.8 Å². The summed E-state index contributed by atoms with van der Waals surface area (Å²) in [7, 11) is 1.39. The molecule has 0 aliphatic carbocycles. The average Bonchev–Trinajstić information content (AvgIpc) is 2.72. The smallest absolute Gasteiger partial charge is 0.312 e. The van der Waals surface area contributed by atoms with Crippen molar-refractivity contribution in [1.82, 2.24) is 4.57 Å². The number of ether oxygens (including phenoxy) is 1. The number of methoxy groups -OCH3 is 1. The number of rotatable bonds is 3. The third-order valence-electron chi connectivity index (χ3n) is 3.17. The number of nitro groups is 1. The fraction of sp³-hybridized carbons (Fsp3) is 0.214. The van der Waals surface area contributed by atoms with E-state index < -0.39 is 4.92 Å². The third-order valence-corrected chi connectivity index (χ3v) is 3.17. The second kappa shape index (κ2) is 5.05. The van der Waals surface area contributed by atoms with Gasteiger partial charge in [0, 0.05) is 17.5 Å². The zero-order valence-corrected chi connectivity index (χ0v) is 11.4. The molecule has 0 bridgehead atoms. The van der Waals surface area contributed by atoms with E-state index >= 15 is 0 Å². The van der Waals surface area contributed by atoms with Gasteiger partial charge in [-0.25, -0.2) is 0 Å². The molecule has 0 atom stereocenters. The number of nitriles is 1. The molecule has 0 saturated carbocycles. The van der Waals surface area contributed by atoms with E-state index in [1.807, 2.05) is 18.4 Å². The number of nitrogens with zero attached hydrogens (tertiary/aromatic N) is 3. The Morgan fingerprint density at radius 2 is 2.05 bits per heavy atom. The summed E-state index contributed by atoms with van der Waals surface area (Å²) >= 11 is 0. The van der Waals surface area contributed by atoms with Crippen LogP contribution in [0.3, 0.4) is 0 Å². The molecule has 1 aromatic heterocycles. The van der Waals surface area contributed by atoms with Crippen LogP contribution in [-0.2, 0) is 0 Å².